The summed E-state index contributed by atoms with van der Waals surface area (Å²) in [5.41, 5.74) is 0.762. The second-order valence-corrected chi connectivity index (χ2v) is 6.16. The van der Waals surface area contributed by atoms with E-state index in [2.05, 4.69) is 0 Å². The zero-order chi connectivity index (χ0) is 18.0. The van der Waals surface area contributed by atoms with Gasteiger partial charge in [-0.05, 0) is 47.7 Å². The van der Waals surface area contributed by atoms with E-state index in [4.69, 9.17) is 14.3 Å². The number of likely N-dealkylation sites (N-methyl/N-ethyl adjacent to an activating group) is 1. The quantitative estimate of drug-likeness (QED) is 0.819. The number of ether oxygens (including phenoxy) is 1. The van der Waals surface area contributed by atoms with Crippen LogP contribution in [0, 0.1) is 0 Å². The lowest BCUT2D eigenvalue weighted by atomic mass is 10.2. The third-order valence-electron chi connectivity index (χ3n) is 3.42. The molecule has 1 aromatic heterocycles. The summed E-state index contributed by atoms with van der Waals surface area (Å²) in [6.45, 7) is 0.0986. The van der Waals surface area contributed by atoms with E-state index in [1.807, 2.05) is 0 Å². The highest BCUT2D eigenvalue weighted by Crippen LogP contribution is 2.31. The number of rotatable bonds is 5. The van der Waals surface area contributed by atoms with Crippen LogP contribution in [0.2, 0.25) is 0 Å². The molecule has 0 bridgehead atoms. The monoisotopic (exact) mass is 359 g/mol. The summed E-state index contributed by atoms with van der Waals surface area (Å²) in [6.07, 6.45) is 1.64. The minimum atomic E-state index is -1.13. The van der Waals surface area contributed by atoms with Crippen LogP contribution in [0.15, 0.2) is 45.7 Å². The molecule has 0 spiro atoms. The van der Waals surface area contributed by atoms with Crippen LogP contribution in [-0.4, -0.2) is 34.2 Å². The average molecular weight is 359 g/mol. The van der Waals surface area contributed by atoms with Crippen molar-refractivity contribution in [3.63, 3.8) is 0 Å². The summed E-state index contributed by atoms with van der Waals surface area (Å²) < 4.78 is 10.6. The summed E-state index contributed by atoms with van der Waals surface area (Å²) in [5.74, 6) is -0.625. The number of furan rings is 1. The van der Waals surface area contributed by atoms with Gasteiger partial charge in [0.2, 0.25) is 5.76 Å². The summed E-state index contributed by atoms with van der Waals surface area (Å²) >= 11 is 0.900. The van der Waals surface area contributed by atoms with E-state index in [-0.39, 0.29) is 23.5 Å². The fourth-order valence-corrected chi connectivity index (χ4v) is 2.91. The van der Waals surface area contributed by atoms with Gasteiger partial charge in [-0.1, -0.05) is 12.1 Å². The lowest BCUT2D eigenvalue weighted by Gasteiger charge is -2.05. The first kappa shape index (κ1) is 16.8. The van der Waals surface area contributed by atoms with Crippen molar-refractivity contribution in [2.75, 3.05) is 7.05 Å². The average Bonchev–Trinajstić information content (AvgIpc) is 3.16. The van der Waals surface area contributed by atoms with Crippen LogP contribution >= 0.6 is 11.8 Å². The van der Waals surface area contributed by atoms with Gasteiger partial charge in [0, 0.05) is 7.05 Å². The van der Waals surface area contributed by atoms with Gasteiger partial charge in [-0.2, -0.15) is 0 Å². The van der Waals surface area contributed by atoms with Crippen molar-refractivity contribution in [2.24, 2.45) is 0 Å². The number of benzene rings is 1. The number of thioether (sulfide) groups is 1. The Hall–Kier alpha value is -3.00. The van der Waals surface area contributed by atoms with Crippen LogP contribution in [0.1, 0.15) is 21.9 Å². The molecule has 8 heteroatoms. The molecular formula is C17H13NO6S. The van der Waals surface area contributed by atoms with Crippen molar-refractivity contribution in [1.29, 1.82) is 0 Å². The summed E-state index contributed by atoms with van der Waals surface area (Å²) in [7, 11) is 1.44. The van der Waals surface area contributed by atoms with Crippen molar-refractivity contribution >= 4 is 35.0 Å². The van der Waals surface area contributed by atoms with Crippen LogP contribution in [0.4, 0.5) is 4.79 Å². The van der Waals surface area contributed by atoms with Gasteiger partial charge < -0.3 is 14.3 Å². The minimum absolute atomic E-state index is 0.0986. The third-order valence-corrected chi connectivity index (χ3v) is 4.38. The van der Waals surface area contributed by atoms with E-state index in [0.717, 1.165) is 22.2 Å². The SMILES string of the molecule is CN1C(=O)S/C(=C/c2ccc(OCc3ccc(C(=O)O)o3)cc2)C1=O. The van der Waals surface area contributed by atoms with Gasteiger partial charge in [-0.15, -0.1) is 0 Å². The van der Waals surface area contributed by atoms with E-state index in [1.165, 1.54) is 13.1 Å². The lowest BCUT2D eigenvalue weighted by molar-refractivity contribution is -0.121. The second-order valence-electron chi connectivity index (χ2n) is 5.17. The number of imide groups is 1. The molecule has 0 aliphatic carbocycles. The molecule has 1 saturated heterocycles. The number of carbonyl (C=O) groups is 3. The van der Waals surface area contributed by atoms with Crippen molar-refractivity contribution in [1.82, 2.24) is 4.90 Å². The topological polar surface area (TPSA) is 97.1 Å². The molecule has 3 rings (SSSR count). The number of carboxylic acid groups (broad SMARTS) is 1. The smallest absolute Gasteiger partial charge is 0.371 e. The zero-order valence-corrected chi connectivity index (χ0v) is 13.9. The molecule has 2 aromatic rings. The highest BCUT2D eigenvalue weighted by Gasteiger charge is 2.31. The molecule has 1 N–H and O–H groups in total. The Morgan fingerprint density at radius 1 is 1.24 bits per heavy atom. The summed E-state index contributed by atoms with van der Waals surface area (Å²) in [5, 5.41) is 8.50. The Morgan fingerprint density at radius 3 is 2.52 bits per heavy atom. The maximum Gasteiger partial charge on any atom is 0.371 e. The number of aromatic carboxylic acids is 1. The molecule has 1 aliphatic rings. The third kappa shape index (κ3) is 3.74. The number of amides is 2. The molecular weight excluding hydrogens is 346 g/mol. The van der Waals surface area contributed by atoms with E-state index in [9.17, 15) is 14.4 Å². The van der Waals surface area contributed by atoms with Crippen molar-refractivity contribution < 1.29 is 28.6 Å². The van der Waals surface area contributed by atoms with E-state index >= 15 is 0 Å². The largest absolute Gasteiger partial charge is 0.486 e. The first-order valence-corrected chi connectivity index (χ1v) is 8.02. The molecule has 1 fully saturated rings. The molecule has 7 nitrogen and oxygen atoms in total. The summed E-state index contributed by atoms with van der Waals surface area (Å²) in [4.78, 5) is 35.5. The lowest BCUT2D eigenvalue weighted by Crippen LogP contribution is -2.22. The molecule has 2 amide bonds. The maximum absolute atomic E-state index is 11.8. The number of nitrogens with zero attached hydrogens (tertiary/aromatic N) is 1. The van der Waals surface area contributed by atoms with Gasteiger partial charge in [0.05, 0.1) is 4.91 Å². The van der Waals surface area contributed by atoms with Crippen LogP contribution < -0.4 is 4.74 Å². The van der Waals surface area contributed by atoms with Crippen LogP contribution in [0.3, 0.4) is 0 Å². The van der Waals surface area contributed by atoms with E-state index < -0.39 is 5.97 Å². The Labute approximate surface area is 146 Å². The van der Waals surface area contributed by atoms with Gasteiger partial charge in [-0.3, -0.25) is 14.5 Å². The molecule has 0 unspecified atom stereocenters. The minimum Gasteiger partial charge on any atom is -0.486 e. The van der Waals surface area contributed by atoms with E-state index in [1.54, 1.807) is 36.4 Å². The fourth-order valence-electron chi connectivity index (χ4n) is 2.08. The molecule has 0 radical (unpaired) electrons. The molecule has 2 heterocycles. The molecule has 1 aliphatic heterocycles. The van der Waals surface area contributed by atoms with Gasteiger partial charge in [0.15, 0.2) is 0 Å². The van der Waals surface area contributed by atoms with Crippen LogP contribution in [0.25, 0.3) is 6.08 Å². The zero-order valence-electron chi connectivity index (χ0n) is 13.1. The number of carboxylic acids is 1. The number of hydrogen-bond acceptors (Lipinski definition) is 6. The first-order chi connectivity index (χ1) is 11.9. The predicted octanol–water partition coefficient (Wildman–Crippen LogP) is 3.22. The Morgan fingerprint density at radius 2 is 1.96 bits per heavy atom. The molecule has 1 aromatic carbocycles. The van der Waals surface area contributed by atoms with Crippen LogP contribution in [-0.2, 0) is 11.4 Å². The Bertz CT molecular complexity index is 868. The van der Waals surface area contributed by atoms with Gasteiger partial charge >= 0.3 is 5.97 Å². The Balaban J connectivity index is 1.63. The second kappa shape index (κ2) is 6.86. The van der Waals surface area contributed by atoms with Crippen molar-refractivity contribution in [3.05, 3.63) is 58.4 Å². The highest BCUT2D eigenvalue weighted by molar-refractivity contribution is 8.18. The maximum atomic E-state index is 11.8. The van der Waals surface area contributed by atoms with Gasteiger partial charge in [0.25, 0.3) is 11.1 Å². The standard InChI is InChI=1S/C17H13NO6S/c1-18-15(19)14(25-17(18)22)8-10-2-4-11(5-3-10)23-9-12-6-7-13(24-12)16(20)21/h2-8H,9H2,1H3,(H,20,21)/b14-8+. The summed E-state index contributed by atoms with van der Waals surface area (Å²) in [6, 6.07) is 9.84. The van der Waals surface area contributed by atoms with Gasteiger partial charge in [-0.25, -0.2) is 4.79 Å². The molecule has 0 saturated carbocycles. The highest BCUT2D eigenvalue weighted by atomic mass is 32.2. The number of carbonyl (C=O) groups excluding carboxylic acids is 2. The predicted molar refractivity (Wildman–Crippen MR) is 90.2 cm³/mol. The Kier molecular flexibility index (Phi) is 4.62. The molecule has 128 valence electrons. The normalized spacial score (nSPS) is 15.9. The van der Waals surface area contributed by atoms with E-state index in [0.29, 0.717) is 16.4 Å². The van der Waals surface area contributed by atoms with Crippen LogP contribution in [0.5, 0.6) is 5.75 Å². The first-order valence-electron chi connectivity index (χ1n) is 7.20. The molecule has 25 heavy (non-hydrogen) atoms. The van der Waals surface area contributed by atoms with Gasteiger partial charge in [0.1, 0.15) is 18.1 Å². The number of hydrogen-bond donors (Lipinski definition) is 1. The fraction of sp³-hybridized carbons (Fsp3) is 0.118. The molecule has 0 atom stereocenters. The van der Waals surface area contributed by atoms with Crippen molar-refractivity contribution in [3.8, 4) is 5.75 Å². The van der Waals surface area contributed by atoms with Crippen molar-refractivity contribution in [2.45, 2.75) is 6.61 Å².